The quantitative estimate of drug-likeness (QED) is 0.305. The fraction of sp³-hybridized carbons (Fsp3) is 0.793. The molecule has 3 aliphatic carbocycles. The molecule has 0 heterocycles. The van der Waals surface area contributed by atoms with Gasteiger partial charge in [-0.25, -0.2) is 0 Å². The number of allylic oxidation sites excluding steroid dienone is 6. The van der Waals surface area contributed by atoms with Crippen LogP contribution in [0.3, 0.4) is 0 Å². The van der Waals surface area contributed by atoms with E-state index in [2.05, 4.69) is 58.9 Å². The summed E-state index contributed by atoms with van der Waals surface area (Å²) in [6, 6.07) is 0. The van der Waals surface area contributed by atoms with Crippen molar-refractivity contribution in [3.63, 3.8) is 0 Å². The monoisotopic (exact) mass is 396 g/mol. The van der Waals surface area contributed by atoms with E-state index in [1.54, 1.807) is 0 Å². The van der Waals surface area contributed by atoms with Crippen LogP contribution in [0.2, 0.25) is 0 Å². The lowest BCUT2D eigenvalue weighted by Crippen LogP contribution is -2.49. The highest BCUT2D eigenvalue weighted by atomic mass is 14.7. The Labute approximate surface area is 182 Å². The Morgan fingerprint density at radius 1 is 0.897 bits per heavy atom. The molecule has 0 aliphatic heterocycles. The highest BCUT2D eigenvalue weighted by Crippen LogP contribution is 2.72. The maximum absolute atomic E-state index is 2.61. The van der Waals surface area contributed by atoms with Gasteiger partial charge in [0.2, 0.25) is 0 Å². The number of unbranched alkanes of at least 4 members (excludes halogenated alkanes) is 3. The first-order chi connectivity index (χ1) is 14.1. The van der Waals surface area contributed by atoms with Crippen molar-refractivity contribution in [2.45, 2.75) is 118 Å². The average Bonchev–Trinajstić information content (AvgIpc) is 3.28. The highest BCUT2D eigenvalue weighted by molar-refractivity contribution is 5.49. The molecule has 0 aromatic heterocycles. The Balaban J connectivity index is 2.17. The summed E-state index contributed by atoms with van der Waals surface area (Å²) in [6.45, 7) is 12.4. The second-order valence-electron chi connectivity index (χ2n) is 10.7. The molecule has 0 spiro atoms. The van der Waals surface area contributed by atoms with Crippen LogP contribution >= 0.6 is 0 Å². The van der Waals surface area contributed by atoms with Gasteiger partial charge in [-0.15, -0.1) is 0 Å². The molecule has 0 aromatic carbocycles. The fourth-order valence-corrected chi connectivity index (χ4v) is 7.87. The zero-order chi connectivity index (χ0) is 20.9. The Morgan fingerprint density at radius 3 is 2.10 bits per heavy atom. The summed E-state index contributed by atoms with van der Waals surface area (Å²) in [5.41, 5.74) is 4.62. The minimum atomic E-state index is 0.404. The molecule has 0 saturated heterocycles. The van der Waals surface area contributed by atoms with Crippen molar-refractivity contribution in [2.75, 3.05) is 0 Å². The number of rotatable bonds is 11. The summed E-state index contributed by atoms with van der Waals surface area (Å²) in [6.07, 6.45) is 27.9. The molecular weight excluding hydrogens is 348 g/mol. The van der Waals surface area contributed by atoms with Gasteiger partial charge in [-0.3, -0.25) is 0 Å². The molecule has 0 heteroatoms. The Kier molecular flexibility index (Phi) is 7.91. The summed E-state index contributed by atoms with van der Waals surface area (Å²) >= 11 is 0. The zero-order valence-corrected chi connectivity index (χ0v) is 20.2. The van der Waals surface area contributed by atoms with Crippen LogP contribution < -0.4 is 0 Å². The summed E-state index contributed by atoms with van der Waals surface area (Å²) in [5.74, 6) is 2.44. The second kappa shape index (κ2) is 10.0. The molecule has 0 amide bonds. The maximum atomic E-state index is 2.61. The van der Waals surface area contributed by atoms with E-state index in [0.717, 1.165) is 17.8 Å². The molecule has 3 unspecified atom stereocenters. The Morgan fingerprint density at radius 2 is 1.55 bits per heavy atom. The lowest BCUT2D eigenvalue weighted by Gasteiger charge is -2.56. The number of hydrogen-bond donors (Lipinski definition) is 0. The van der Waals surface area contributed by atoms with Crippen molar-refractivity contribution in [1.29, 1.82) is 0 Å². The van der Waals surface area contributed by atoms with E-state index in [0.29, 0.717) is 10.8 Å². The van der Waals surface area contributed by atoms with Crippen molar-refractivity contribution < 1.29 is 0 Å². The van der Waals surface area contributed by atoms with Gasteiger partial charge in [-0.2, -0.15) is 0 Å². The van der Waals surface area contributed by atoms with E-state index < -0.39 is 0 Å². The predicted octanol–water partition coefficient (Wildman–Crippen LogP) is 9.43. The van der Waals surface area contributed by atoms with Crippen LogP contribution in [-0.2, 0) is 0 Å². The van der Waals surface area contributed by atoms with Crippen LogP contribution in [-0.4, -0.2) is 0 Å². The van der Waals surface area contributed by atoms with Crippen molar-refractivity contribution in [3.8, 4) is 0 Å². The van der Waals surface area contributed by atoms with E-state index in [-0.39, 0.29) is 0 Å². The molecule has 0 nitrogen and oxygen atoms in total. The largest absolute Gasteiger partial charge is 0.0885 e. The molecule has 0 fully saturated rings. The third kappa shape index (κ3) is 3.83. The van der Waals surface area contributed by atoms with Gasteiger partial charge in [0.15, 0.2) is 0 Å². The van der Waals surface area contributed by atoms with Crippen LogP contribution in [0.25, 0.3) is 0 Å². The minimum absolute atomic E-state index is 0.404. The molecule has 0 aromatic rings. The SMILES string of the molecule is CCCCC1(CCCC)C(C2CC=CCC2)C2=C(C=CC2)C1(CCCC)C(C)C. The first kappa shape index (κ1) is 22.9. The van der Waals surface area contributed by atoms with Crippen molar-refractivity contribution in [1.82, 2.24) is 0 Å². The van der Waals surface area contributed by atoms with E-state index in [1.807, 2.05) is 11.1 Å². The first-order valence-corrected chi connectivity index (χ1v) is 13.1. The minimum Gasteiger partial charge on any atom is -0.0885 e. The summed E-state index contributed by atoms with van der Waals surface area (Å²) in [5, 5.41) is 0. The summed E-state index contributed by atoms with van der Waals surface area (Å²) in [4.78, 5) is 0. The predicted molar refractivity (Wildman–Crippen MR) is 129 cm³/mol. The maximum Gasteiger partial charge on any atom is 0.00378 e. The normalized spacial score (nSPS) is 30.6. The van der Waals surface area contributed by atoms with Crippen LogP contribution in [0.5, 0.6) is 0 Å². The second-order valence-corrected chi connectivity index (χ2v) is 10.7. The Bertz CT molecular complexity index is 608. The van der Waals surface area contributed by atoms with Gasteiger partial charge in [-0.05, 0) is 73.7 Å². The highest BCUT2D eigenvalue weighted by Gasteiger charge is 2.63. The summed E-state index contributed by atoms with van der Waals surface area (Å²) < 4.78 is 0. The van der Waals surface area contributed by atoms with Crippen molar-refractivity contribution in [2.24, 2.45) is 28.6 Å². The lowest BCUT2D eigenvalue weighted by molar-refractivity contribution is -0.0432. The van der Waals surface area contributed by atoms with Crippen LogP contribution in [0.4, 0.5) is 0 Å². The molecule has 0 saturated carbocycles. The van der Waals surface area contributed by atoms with Crippen molar-refractivity contribution >= 4 is 0 Å². The third-order valence-electron chi connectivity index (χ3n) is 8.95. The van der Waals surface area contributed by atoms with Gasteiger partial charge in [0.1, 0.15) is 0 Å². The number of hydrogen-bond acceptors (Lipinski definition) is 0. The van der Waals surface area contributed by atoms with Crippen LogP contribution in [0.15, 0.2) is 35.5 Å². The van der Waals surface area contributed by atoms with E-state index >= 15 is 0 Å². The van der Waals surface area contributed by atoms with Crippen LogP contribution in [0, 0.1) is 28.6 Å². The van der Waals surface area contributed by atoms with Gasteiger partial charge in [0, 0.05) is 5.41 Å². The smallest absolute Gasteiger partial charge is 0.00378 e. The fourth-order valence-electron chi connectivity index (χ4n) is 7.87. The molecular formula is C29H48. The van der Waals surface area contributed by atoms with Gasteiger partial charge in [-0.1, -0.05) is 103 Å². The molecule has 3 rings (SSSR count). The molecule has 164 valence electrons. The molecule has 29 heavy (non-hydrogen) atoms. The molecule has 3 aliphatic rings. The lowest BCUT2D eigenvalue weighted by atomic mass is 9.48. The first-order valence-electron chi connectivity index (χ1n) is 13.1. The average molecular weight is 397 g/mol. The molecule has 3 atom stereocenters. The van der Waals surface area contributed by atoms with Gasteiger partial charge < -0.3 is 0 Å². The van der Waals surface area contributed by atoms with E-state index in [4.69, 9.17) is 0 Å². The van der Waals surface area contributed by atoms with Gasteiger partial charge in [0.25, 0.3) is 0 Å². The molecule has 0 radical (unpaired) electrons. The Hall–Kier alpha value is -0.780. The summed E-state index contributed by atoms with van der Waals surface area (Å²) in [7, 11) is 0. The van der Waals surface area contributed by atoms with E-state index in [9.17, 15) is 0 Å². The molecule has 0 N–H and O–H groups in total. The van der Waals surface area contributed by atoms with E-state index in [1.165, 1.54) is 83.5 Å². The van der Waals surface area contributed by atoms with Crippen molar-refractivity contribution in [3.05, 3.63) is 35.5 Å². The zero-order valence-electron chi connectivity index (χ0n) is 20.2. The van der Waals surface area contributed by atoms with Gasteiger partial charge >= 0.3 is 0 Å². The third-order valence-corrected chi connectivity index (χ3v) is 8.95. The van der Waals surface area contributed by atoms with Crippen LogP contribution in [0.1, 0.15) is 118 Å². The molecule has 0 bridgehead atoms. The topological polar surface area (TPSA) is 0 Å². The standard InChI is InChI=1S/C29H48/c1-6-9-20-28(21-10-7-2)27(24-16-13-12-14-17-24)25-18-15-19-26(25)29(28,23(4)5)22-11-8-3/h12-13,15,19,23-24,27H,6-11,14,16-18,20-22H2,1-5H3. The van der Waals surface area contributed by atoms with Gasteiger partial charge in [0.05, 0.1) is 0 Å².